The first-order valence-electron chi connectivity index (χ1n) is 10.2. The van der Waals surface area contributed by atoms with Crippen LogP contribution in [0.2, 0.25) is 0 Å². The summed E-state index contributed by atoms with van der Waals surface area (Å²) in [5.74, 6) is 2.34. The summed E-state index contributed by atoms with van der Waals surface area (Å²) in [5.41, 5.74) is 2.66. The molecule has 1 saturated heterocycles. The summed E-state index contributed by atoms with van der Waals surface area (Å²) in [6, 6.07) is 13.2. The average Bonchev–Trinajstić information content (AvgIpc) is 3.12. The number of hydrogen-bond acceptors (Lipinski definition) is 6. The van der Waals surface area contributed by atoms with Gasteiger partial charge in [0, 0.05) is 37.4 Å². The van der Waals surface area contributed by atoms with E-state index in [9.17, 15) is 4.79 Å². The molecule has 0 N–H and O–H groups in total. The molecule has 0 aliphatic carbocycles. The van der Waals surface area contributed by atoms with Crippen LogP contribution in [-0.2, 0) is 0 Å². The fourth-order valence-electron chi connectivity index (χ4n) is 3.64. The van der Waals surface area contributed by atoms with Crippen LogP contribution in [0.4, 0.5) is 5.82 Å². The zero-order valence-electron chi connectivity index (χ0n) is 17.6. The molecule has 0 spiro atoms. The number of aromatic nitrogens is 4. The van der Waals surface area contributed by atoms with Crippen LogP contribution in [-0.4, -0.2) is 63.6 Å². The number of piperazine rings is 1. The summed E-state index contributed by atoms with van der Waals surface area (Å²) < 4.78 is 7.23. The maximum atomic E-state index is 12.8. The number of rotatable bonds is 5. The minimum Gasteiger partial charge on any atom is -0.494 e. The molecule has 1 fully saturated rings. The van der Waals surface area contributed by atoms with Crippen molar-refractivity contribution in [1.29, 1.82) is 0 Å². The van der Waals surface area contributed by atoms with Crippen molar-refractivity contribution < 1.29 is 9.53 Å². The largest absolute Gasteiger partial charge is 0.494 e. The van der Waals surface area contributed by atoms with E-state index in [1.54, 1.807) is 4.68 Å². The van der Waals surface area contributed by atoms with Gasteiger partial charge in [-0.2, -0.15) is 5.10 Å². The van der Waals surface area contributed by atoms with Crippen LogP contribution in [0, 0.1) is 13.8 Å². The third-order valence-corrected chi connectivity index (χ3v) is 5.17. The van der Waals surface area contributed by atoms with Gasteiger partial charge in [0.1, 0.15) is 5.75 Å². The highest BCUT2D eigenvalue weighted by molar-refractivity contribution is 5.94. The second-order valence-corrected chi connectivity index (χ2v) is 7.33. The molecule has 0 atom stereocenters. The molecule has 30 heavy (non-hydrogen) atoms. The van der Waals surface area contributed by atoms with Crippen molar-refractivity contribution in [2.24, 2.45) is 0 Å². The molecule has 156 valence electrons. The van der Waals surface area contributed by atoms with Gasteiger partial charge in [-0.3, -0.25) is 4.79 Å². The van der Waals surface area contributed by atoms with Gasteiger partial charge in [0.05, 0.1) is 12.3 Å². The molecule has 3 aromatic rings. The van der Waals surface area contributed by atoms with Gasteiger partial charge < -0.3 is 14.5 Å². The highest BCUT2D eigenvalue weighted by atomic mass is 16.5. The van der Waals surface area contributed by atoms with Crippen LogP contribution < -0.4 is 9.64 Å². The molecule has 1 aliphatic rings. The van der Waals surface area contributed by atoms with E-state index < -0.39 is 0 Å². The van der Waals surface area contributed by atoms with Crippen LogP contribution in [0.3, 0.4) is 0 Å². The van der Waals surface area contributed by atoms with E-state index in [1.165, 1.54) is 0 Å². The first-order chi connectivity index (χ1) is 14.5. The van der Waals surface area contributed by atoms with E-state index in [1.807, 2.05) is 68.1 Å². The SMILES string of the molecule is CCOc1ccc(C(=O)N2CCN(c3ccc(-n4nc(C)cc4C)nn3)CC2)cc1. The van der Waals surface area contributed by atoms with Crippen molar-refractivity contribution in [3.05, 3.63) is 59.4 Å². The zero-order chi connectivity index (χ0) is 21.1. The zero-order valence-corrected chi connectivity index (χ0v) is 17.6. The van der Waals surface area contributed by atoms with Gasteiger partial charge >= 0.3 is 0 Å². The Bertz CT molecular complexity index is 1010. The third kappa shape index (κ3) is 4.12. The van der Waals surface area contributed by atoms with Crippen molar-refractivity contribution >= 4 is 11.7 Å². The van der Waals surface area contributed by atoms with Crippen LogP contribution in [0.1, 0.15) is 28.7 Å². The number of carbonyl (C=O) groups is 1. The monoisotopic (exact) mass is 406 g/mol. The Labute approximate surface area is 176 Å². The molecule has 1 aromatic carbocycles. The Balaban J connectivity index is 1.37. The molecule has 0 saturated carbocycles. The average molecular weight is 406 g/mol. The van der Waals surface area contributed by atoms with Crippen LogP contribution in [0.5, 0.6) is 5.75 Å². The van der Waals surface area contributed by atoms with Crippen LogP contribution in [0.25, 0.3) is 5.82 Å². The van der Waals surface area contributed by atoms with E-state index in [4.69, 9.17) is 4.74 Å². The molecule has 1 aliphatic heterocycles. The third-order valence-electron chi connectivity index (χ3n) is 5.17. The molecule has 8 heteroatoms. The van der Waals surface area contributed by atoms with E-state index in [0.29, 0.717) is 31.1 Å². The van der Waals surface area contributed by atoms with E-state index in [0.717, 1.165) is 36.0 Å². The van der Waals surface area contributed by atoms with Gasteiger partial charge in [-0.1, -0.05) is 0 Å². The lowest BCUT2D eigenvalue weighted by atomic mass is 10.1. The van der Waals surface area contributed by atoms with E-state index >= 15 is 0 Å². The summed E-state index contributed by atoms with van der Waals surface area (Å²) >= 11 is 0. The topological polar surface area (TPSA) is 76.4 Å². The molecule has 0 unspecified atom stereocenters. The van der Waals surface area contributed by atoms with E-state index in [-0.39, 0.29) is 5.91 Å². The molecule has 2 aromatic heterocycles. The van der Waals surface area contributed by atoms with Crippen LogP contribution in [0.15, 0.2) is 42.5 Å². The Kier molecular flexibility index (Phi) is 5.65. The molecule has 4 rings (SSSR count). The fraction of sp³-hybridized carbons (Fsp3) is 0.364. The molecule has 3 heterocycles. The number of nitrogens with zero attached hydrogens (tertiary/aromatic N) is 6. The first-order valence-corrected chi connectivity index (χ1v) is 10.2. The van der Waals surface area contributed by atoms with Crippen molar-refractivity contribution in [2.45, 2.75) is 20.8 Å². The predicted octanol–water partition coefficient (Wildman–Crippen LogP) is 2.64. The van der Waals surface area contributed by atoms with Crippen molar-refractivity contribution in [3.63, 3.8) is 0 Å². The smallest absolute Gasteiger partial charge is 0.253 e. The quantitative estimate of drug-likeness (QED) is 0.648. The summed E-state index contributed by atoms with van der Waals surface area (Å²) in [4.78, 5) is 16.8. The van der Waals surface area contributed by atoms with Crippen LogP contribution >= 0.6 is 0 Å². The molecule has 1 amide bonds. The number of amides is 1. The second-order valence-electron chi connectivity index (χ2n) is 7.33. The Morgan fingerprint density at radius 2 is 1.63 bits per heavy atom. The predicted molar refractivity (Wildman–Crippen MR) is 114 cm³/mol. The lowest BCUT2D eigenvalue weighted by molar-refractivity contribution is 0.0746. The van der Waals surface area contributed by atoms with Crippen molar-refractivity contribution in [1.82, 2.24) is 24.9 Å². The molecule has 0 bridgehead atoms. The maximum absolute atomic E-state index is 12.8. The van der Waals surface area contributed by atoms with E-state index in [2.05, 4.69) is 20.2 Å². The number of anilines is 1. The van der Waals surface area contributed by atoms with Gasteiger partial charge in [0.2, 0.25) is 0 Å². The highest BCUT2D eigenvalue weighted by Crippen LogP contribution is 2.18. The summed E-state index contributed by atoms with van der Waals surface area (Å²) in [6.45, 7) is 9.24. The normalized spacial score (nSPS) is 14.1. The van der Waals surface area contributed by atoms with Gasteiger partial charge in [-0.15, -0.1) is 10.2 Å². The number of carbonyl (C=O) groups excluding carboxylic acids is 1. The van der Waals surface area contributed by atoms with Gasteiger partial charge in [0.25, 0.3) is 5.91 Å². The number of aryl methyl sites for hydroxylation is 2. The molecular weight excluding hydrogens is 380 g/mol. The molecule has 8 nitrogen and oxygen atoms in total. The van der Waals surface area contributed by atoms with Gasteiger partial charge in [-0.25, -0.2) is 4.68 Å². The number of hydrogen-bond donors (Lipinski definition) is 0. The number of benzene rings is 1. The minimum absolute atomic E-state index is 0.0451. The highest BCUT2D eigenvalue weighted by Gasteiger charge is 2.23. The lowest BCUT2D eigenvalue weighted by Gasteiger charge is -2.35. The summed E-state index contributed by atoms with van der Waals surface area (Å²) in [7, 11) is 0. The Hall–Kier alpha value is -3.42. The number of ether oxygens (including phenoxy) is 1. The summed E-state index contributed by atoms with van der Waals surface area (Å²) in [6.07, 6.45) is 0. The van der Waals surface area contributed by atoms with Gasteiger partial charge in [0.15, 0.2) is 11.6 Å². The molecular formula is C22H26N6O2. The lowest BCUT2D eigenvalue weighted by Crippen LogP contribution is -2.49. The molecule has 0 radical (unpaired) electrons. The summed E-state index contributed by atoms with van der Waals surface area (Å²) in [5, 5.41) is 13.2. The minimum atomic E-state index is 0.0451. The second kappa shape index (κ2) is 8.52. The Morgan fingerprint density at radius 3 is 2.20 bits per heavy atom. The van der Waals surface area contributed by atoms with Crippen molar-refractivity contribution in [2.75, 3.05) is 37.7 Å². The first kappa shape index (κ1) is 19.9. The van der Waals surface area contributed by atoms with Gasteiger partial charge in [-0.05, 0) is 63.2 Å². The van der Waals surface area contributed by atoms with Crippen molar-refractivity contribution in [3.8, 4) is 11.6 Å². The Morgan fingerprint density at radius 1 is 0.967 bits per heavy atom. The standard InChI is InChI=1S/C22H26N6O2/c1-4-30-19-7-5-18(6-8-19)22(29)27-13-11-26(12-14-27)20-9-10-21(24-23-20)28-17(3)15-16(2)25-28/h5-10,15H,4,11-14H2,1-3H3. The fourth-order valence-corrected chi connectivity index (χ4v) is 3.64. The maximum Gasteiger partial charge on any atom is 0.253 e.